The van der Waals surface area contributed by atoms with Crippen molar-refractivity contribution < 1.29 is 14.6 Å². The van der Waals surface area contributed by atoms with Gasteiger partial charge in [0.1, 0.15) is 17.9 Å². The molecule has 1 heterocycles. The summed E-state index contributed by atoms with van der Waals surface area (Å²) in [5.41, 5.74) is 1.98. The molecule has 0 radical (unpaired) electrons. The lowest BCUT2D eigenvalue weighted by molar-refractivity contribution is 0.0691. The molecule has 0 aliphatic heterocycles. The van der Waals surface area contributed by atoms with E-state index in [1.807, 2.05) is 24.6 Å². The molecular weight excluding hydrogens is 324 g/mol. The summed E-state index contributed by atoms with van der Waals surface area (Å²) in [4.78, 5) is 11.2. The standard InChI is InChI=1S/C14H15BrN2O3/c1-3-17-11(6-9(2)16-17)8-20-13-7-10(15)4-5-12(13)14(18)19/h4-7H,3,8H2,1-2H3,(H,18,19). The number of carboxylic acids is 1. The van der Waals surface area contributed by atoms with Gasteiger partial charge in [-0.2, -0.15) is 5.10 Å². The van der Waals surface area contributed by atoms with Crippen molar-refractivity contribution in [3.8, 4) is 5.75 Å². The van der Waals surface area contributed by atoms with Crippen molar-refractivity contribution in [2.75, 3.05) is 0 Å². The Hall–Kier alpha value is -1.82. The second kappa shape index (κ2) is 6.09. The highest BCUT2D eigenvalue weighted by molar-refractivity contribution is 9.10. The van der Waals surface area contributed by atoms with Gasteiger partial charge in [-0.3, -0.25) is 4.68 Å². The Kier molecular flexibility index (Phi) is 4.44. The summed E-state index contributed by atoms with van der Waals surface area (Å²) in [6.45, 7) is 4.94. The summed E-state index contributed by atoms with van der Waals surface area (Å²) >= 11 is 3.31. The van der Waals surface area contributed by atoms with Crippen molar-refractivity contribution >= 4 is 21.9 Å². The fraction of sp³-hybridized carbons (Fsp3) is 0.286. The van der Waals surface area contributed by atoms with Crippen LogP contribution in [-0.2, 0) is 13.2 Å². The number of hydrogen-bond acceptors (Lipinski definition) is 3. The molecule has 0 aliphatic rings. The van der Waals surface area contributed by atoms with Crippen LogP contribution in [0.15, 0.2) is 28.7 Å². The number of halogens is 1. The van der Waals surface area contributed by atoms with Crippen molar-refractivity contribution in [2.45, 2.75) is 27.0 Å². The van der Waals surface area contributed by atoms with E-state index >= 15 is 0 Å². The van der Waals surface area contributed by atoms with E-state index in [2.05, 4.69) is 21.0 Å². The van der Waals surface area contributed by atoms with Crippen LogP contribution in [0.2, 0.25) is 0 Å². The minimum absolute atomic E-state index is 0.146. The molecule has 5 nitrogen and oxygen atoms in total. The lowest BCUT2D eigenvalue weighted by Crippen LogP contribution is -2.08. The third-order valence-electron chi connectivity index (χ3n) is 2.83. The number of aromatic carboxylic acids is 1. The van der Waals surface area contributed by atoms with Crippen LogP contribution in [0.4, 0.5) is 0 Å². The topological polar surface area (TPSA) is 64.4 Å². The van der Waals surface area contributed by atoms with E-state index in [1.165, 1.54) is 6.07 Å². The molecule has 2 rings (SSSR count). The smallest absolute Gasteiger partial charge is 0.339 e. The van der Waals surface area contributed by atoms with Gasteiger partial charge in [-0.15, -0.1) is 0 Å². The SMILES string of the molecule is CCn1nc(C)cc1COc1cc(Br)ccc1C(=O)O. The summed E-state index contributed by atoms with van der Waals surface area (Å²) in [6, 6.07) is 6.78. The summed E-state index contributed by atoms with van der Waals surface area (Å²) in [7, 11) is 0. The molecule has 0 saturated heterocycles. The Bertz CT molecular complexity index is 637. The van der Waals surface area contributed by atoms with Gasteiger partial charge in [0.15, 0.2) is 0 Å². The second-order valence-corrected chi connectivity index (χ2v) is 5.24. The van der Waals surface area contributed by atoms with Crippen LogP contribution >= 0.6 is 15.9 Å². The quantitative estimate of drug-likeness (QED) is 0.908. The fourth-order valence-electron chi connectivity index (χ4n) is 1.93. The Labute approximate surface area is 125 Å². The molecule has 20 heavy (non-hydrogen) atoms. The normalized spacial score (nSPS) is 10.6. The molecule has 0 unspecified atom stereocenters. The van der Waals surface area contributed by atoms with Gasteiger partial charge in [-0.05, 0) is 38.1 Å². The Morgan fingerprint density at radius 1 is 1.45 bits per heavy atom. The fourth-order valence-corrected chi connectivity index (χ4v) is 2.27. The highest BCUT2D eigenvalue weighted by Gasteiger charge is 2.13. The Balaban J connectivity index is 2.22. The number of nitrogens with zero attached hydrogens (tertiary/aromatic N) is 2. The molecule has 1 aromatic heterocycles. The zero-order chi connectivity index (χ0) is 14.7. The maximum absolute atomic E-state index is 11.2. The molecule has 0 saturated carbocycles. The number of aromatic nitrogens is 2. The third-order valence-corrected chi connectivity index (χ3v) is 3.33. The second-order valence-electron chi connectivity index (χ2n) is 4.33. The van der Waals surface area contributed by atoms with Gasteiger partial charge in [0.2, 0.25) is 0 Å². The molecule has 0 aliphatic carbocycles. The zero-order valence-electron chi connectivity index (χ0n) is 11.3. The molecule has 1 aromatic carbocycles. The van der Waals surface area contributed by atoms with Gasteiger partial charge >= 0.3 is 5.97 Å². The van der Waals surface area contributed by atoms with Crippen LogP contribution in [0.3, 0.4) is 0 Å². The van der Waals surface area contributed by atoms with E-state index in [-0.39, 0.29) is 12.2 Å². The Morgan fingerprint density at radius 2 is 2.20 bits per heavy atom. The number of hydrogen-bond donors (Lipinski definition) is 1. The Morgan fingerprint density at radius 3 is 2.85 bits per heavy atom. The molecule has 2 aromatic rings. The molecule has 0 bridgehead atoms. The number of ether oxygens (including phenoxy) is 1. The van der Waals surface area contributed by atoms with Crippen LogP contribution in [0, 0.1) is 6.92 Å². The first-order valence-electron chi connectivity index (χ1n) is 6.20. The van der Waals surface area contributed by atoms with Crippen LogP contribution < -0.4 is 4.74 Å². The molecule has 0 amide bonds. The maximum atomic E-state index is 11.2. The van der Waals surface area contributed by atoms with Gasteiger partial charge in [0.25, 0.3) is 0 Å². The highest BCUT2D eigenvalue weighted by atomic mass is 79.9. The third kappa shape index (κ3) is 3.19. The lowest BCUT2D eigenvalue weighted by Gasteiger charge is -2.10. The van der Waals surface area contributed by atoms with E-state index in [1.54, 1.807) is 12.1 Å². The van der Waals surface area contributed by atoms with E-state index in [0.717, 1.165) is 22.4 Å². The summed E-state index contributed by atoms with van der Waals surface area (Å²) in [6.07, 6.45) is 0. The largest absolute Gasteiger partial charge is 0.486 e. The highest BCUT2D eigenvalue weighted by Crippen LogP contribution is 2.24. The predicted molar refractivity (Wildman–Crippen MR) is 78.1 cm³/mol. The first-order chi connectivity index (χ1) is 9.51. The zero-order valence-corrected chi connectivity index (χ0v) is 12.8. The summed E-state index contributed by atoms with van der Waals surface area (Å²) in [5, 5.41) is 13.5. The van der Waals surface area contributed by atoms with E-state index < -0.39 is 5.97 Å². The number of carbonyl (C=O) groups is 1. The van der Waals surface area contributed by atoms with Crippen LogP contribution in [0.5, 0.6) is 5.75 Å². The number of aryl methyl sites for hydroxylation is 2. The number of carboxylic acid groups (broad SMARTS) is 1. The molecule has 0 atom stereocenters. The van der Waals surface area contributed by atoms with Gasteiger partial charge in [-0.1, -0.05) is 15.9 Å². The van der Waals surface area contributed by atoms with Gasteiger partial charge < -0.3 is 9.84 Å². The van der Waals surface area contributed by atoms with E-state index in [0.29, 0.717) is 5.75 Å². The monoisotopic (exact) mass is 338 g/mol. The number of rotatable bonds is 5. The maximum Gasteiger partial charge on any atom is 0.339 e. The first kappa shape index (κ1) is 14.6. The summed E-state index contributed by atoms with van der Waals surface area (Å²) in [5.74, 6) is -0.666. The van der Waals surface area contributed by atoms with Crippen LogP contribution in [0.25, 0.3) is 0 Å². The minimum Gasteiger partial charge on any atom is -0.486 e. The summed E-state index contributed by atoms with van der Waals surface area (Å²) < 4.78 is 8.27. The molecule has 0 fully saturated rings. The lowest BCUT2D eigenvalue weighted by atomic mass is 10.2. The molecule has 106 valence electrons. The average molecular weight is 339 g/mol. The van der Waals surface area contributed by atoms with Crippen LogP contribution in [-0.4, -0.2) is 20.9 Å². The number of benzene rings is 1. The molecule has 1 N–H and O–H groups in total. The molecule has 6 heteroatoms. The molecule has 0 spiro atoms. The molecular formula is C14H15BrN2O3. The van der Waals surface area contributed by atoms with Crippen LogP contribution in [0.1, 0.15) is 28.7 Å². The van der Waals surface area contributed by atoms with Crippen molar-refractivity contribution in [3.63, 3.8) is 0 Å². The van der Waals surface area contributed by atoms with Gasteiger partial charge in [0, 0.05) is 11.0 Å². The van der Waals surface area contributed by atoms with E-state index in [4.69, 9.17) is 9.84 Å². The van der Waals surface area contributed by atoms with Crippen molar-refractivity contribution in [1.82, 2.24) is 9.78 Å². The predicted octanol–water partition coefficient (Wildman–Crippen LogP) is 3.25. The first-order valence-corrected chi connectivity index (χ1v) is 6.99. The minimum atomic E-state index is -1.01. The van der Waals surface area contributed by atoms with Crippen molar-refractivity contribution in [2.24, 2.45) is 0 Å². The van der Waals surface area contributed by atoms with Gasteiger partial charge in [0.05, 0.1) is 11.4 Å². The average Bonchev–Trinajstić information content (AvgIpc) is 2.76. The van der Waals surface area contributed by atoms with Crippen molar-refractivity contribution in [1.29, 1.82) is 0 Å². The van der Waals surface area contributed by atoms with Crippen molar-refractivity contribution in [3.05, 3.63) is 45.7 Å². The van der Waals surface area contributed by atoms with E-state index in [9.17, 15) is 4.79 Å². The van der Waals surface area contributed by atoms with Gasteiger partial charge in [-0.25, -0.2) is 4.79 Å².